The fraction of sp³-hybridized carbons (Fsp3) is 0.714. The lowest BCUT2D eigenvalue weighted by atomic mass is 10.0. The molecule has 1 aromatic rings. The predicted octanol–water partition coefficient (Wildman–Crippen LogP) is 1.23. The van der Waals surface area contributed by atoms with Crippen molar-refractivity contribution in [3.05, 3.63) is 5.69 Å². The number of hydrogen-bond donors (Lipinski definition) is 2. The minimum absolute atomic E-state index is 0.0522. The number of rotatable bonds is 3. The molecule has 1 aliphatic rings. The Bertz CT molecular complexity index is 494. The van der Waals surface area contributed by atoms with Crippen molar-refractivity contribution in [2.45, 2.75) is 45.1 Å². The summed E-state index contributed by atoms with van der Waals surface area (Å²) in [7, 11) is 3.58. The molecule has 6 heteroatoms. The monoisotopic (exact) mass is 279 g/mol. The Morgan fingerprint density at radius 2 is 2.15 bits per heavy atom. The average molecular weight is 279 g/mol. The van der Waals surface area contributed by atoms with E-state index in [0.717, 1.165) is 37.3 Å². The maximum Gasteiger partial charge on any atom is 0.242 e. The van der Waals surface area contributed by atoms with Crippen LogP contribution in [0, 0.1) is 0 Å². The van der Waals surface area contributed by atoms with Gasteiger partial charge < -0.3 is 16.0 Å². The summed E-state index contributed by atoms with van der Waals surface area (Å²) in [6, 6.07) is -0.147. The molecule has 3 N–H and O–H groups in total. The van der Waals surface area contributed by atoms with E-state index in [9.17, 15) is 4.79 Å². The van der Waals surface area contributed by atoms with Crippen LogP contribution in [0.2, 0.25) is 0 Å². The third-order valence-corrected chi connectivity index (χ3v) is 3.95. The Hall–Kier alpha value is -1.72. The summed E-state index contributed by atoms with van der Waals surface area (Å²) in [5.74, 6) is 1.21. The molecule has 112 valence electrons. The number of aromatic nitrogens is 2. The Labute approximate surface area is 120 Å². The van der Waals surface area contributed by atoms with Crippen LogP contribution in [0.25, 0.3) is 0 Å². The van der Waals surface area contributed by atoms with Gasteiger partial charge in [-0.1, -0.05) is 13.8 Å². The second-order valence-corrected chi connectivity index (χ2v) is 5.72. The van der Waals surface area contributed by atoms with E-state index in [1.807, 2.05) is 11.7 Å². The van der Waals surface area contributed by atoms with Crippen molar-refractivity contribution in [2.75, 3.05) is 24.2 Å². The molecule has 0 aromatic carbocycles. The SMILES string of the molecule is CNC(=O)C1CCCCN1c1c(N)c(C(C)C)nn1C. The first kappa shape index (κ1) is 14.7. The van der Waals surface area contributed by atoms with Crippen LogP contribution in [-0.4, -0.2) is 35.3 Å². The Balaban J connectivity index is 2.40. The van der Waals surface area contributed by atoms with Gasteiger partial charge in [-0.3, -0.25) is 9.48 Å². The molecule has 1 amide bonds. The van der Waals surface area contributed by atoms with Gasteiger partial charge >= 0.3 is 0 Å². The number of hydrogen-bond acceptors (Lipinski definition) is 4. The van der Waals surface area contributed by atoms with E-state index >= 15 is 0 Å². The summed E-state index contributed by atoms with van der Waals surface area (Å²) < 4.78 is 1.81. The Morgan fingerprint density at radius 3 is 2.70 bits per heavy atom. The van der Waals surface area contributed by atoms with Gasteiger partial charge in [-0.05, 0) is 25.2 Å². The predicted molar refractivity (Wildman–Crippen MR) is 80.8 cm³/mol. The number of anilines is 2. The number of nitrogen functional groups attached to an aromatic ring is 1. The fourth-order valence-corrected chi connectivity index (χ4v) is 2.94. The first-order valence-electron chi connectivity index (χ1n) is 7.28. The molecular weight excluding hydrogens is 254 g/mol. The van der Waals surface area contributed by atoms with Gasteiger partial charge in [-0.25, -0.2) is 0 Å². The lowest BCUT2D eigenvalue weighted by Crippen LogP contribution is -2.49. The topological polar surface area (TPSA) is 76.2 Å². The van der Waals surface area contributed by atoms with Crippen molar-refractivity contribution in [1.82, 2.24) is 15.1 Å². The van der Waals surface area contributed by atoms with Crippen LogP contribution < -0.4 is 16.0 Å². The molecule has 0 saturated carbocycles. The van der Waals surface area contributed by atoms with Crippen LogP contribution in [0.4, 0.5) is 11.5 Å². The second kappa shape index (κ2) is 5.73. The smallest absolute Gasteiger partial charge is 0.242 e. The third-order valence-electron chi connectivity index (χ3n) is 3.95. The van der Waals surface area contributed by atoms with Gasteiger partial charge in [0.05, 0.1) is 11.4 Å². The zero-order valence-corrected chi connectivity index (χ0v) is 12.8. The van der Waals surface area contributed by atoms with Gasteiger partial charge in [0.25, 0.3) is 0 Å². The highest BCUT2D eigenvalue weighted by Gasteiger charge is 2.32. The summed E-state index contributed by atoms with van der Waals surface area (Å²) in [5, 5.41) is 7.27. The van der Waals surface area contributed by atoms with E-state index < -0.39 is 0 Å². The molecule has 2 rings (SSSR count). The van der Waals surface area contributed by atoms with Crippen molar-refractivity contribution in [3.63, 3.8) is 0 Å². The molecule has 1 aromatic heterocycles. The second-order valence-electron chi connectivity index (χ2n) is 5.72. The molecule has 0 spiro atoms. The average Bonchev–Trinajstić information content (AvgIpc) is 2.73. The summed E-state index contributed by atoms with van der Waals surface area (Å²) in [6.45, 7) is 5.00. The van der Waals surface area contributed by atoms with Crippen LogP contribution in [0.3, 0.4) is 0 Å². The molecule has 0 bridgehead atoms. The minimum atomic E-state index is -0.147. The highest BCUT2D eigenvalue weighted by molar-refractivity contribution is 5.86. The van der Waals surface area contributed by atoms with E-state index in [-0.39, 0.29) is 17.9 Å². The van der Waals surface area contributed by atoms with Crippen molar-refractivity contribution < 1.29 is 4.79 Å². The fourth-order valence-electron chi connectivity index (χ4n) is 2.94. The van der Waals surface area contributed by atoms with Gasteiger partial charge in [0, 0.05) is 20.6 Å². The van der Waals surface area contributed by atoms with Gasteiger partial charge in [-0.2, -0.15) is 5.10 Å². The van der Waals surface area contributed by atoms with E-state index in [1.165, 1.54) is 0 Å². The highest BCUT2D eigenvalue weighted by atomic mass is 16.2. The van der Waals surface area contributed by atoms with E-state index in [2.05, 4.69) is 29.2 Å². The van der Waals surface area contributed by atoms with Crippen LogP contribution in [0.5, 0.6) is 0 Å². The van der Waals surface area contributed by atoms with Crippen LogP contribution in [0.1, 0.15) is 44.7 Å². The first-order valence-corrected chi connectivity index (χ1v) is 7.28. The number of nitrogens with zero attached hydrogens (tertiary/aromatic N) is 3. The molecule has 0 radical (unpaired) electrons. The van der Waals surface area contributed by atoms with Gasteiger partial charge in [0.1, 0.15) is 6.04 Å². The molecule has 20 heavy (non-hydrogen) atoms. The largest absolute Gasteiger partial charge is 0.394 e. The number of nitrogens with one attached hydrogen (secondary N) is 1. The number of amides is 1. The normalized spacial score (nSPS) is 19.4. The summed E-state index contributed by atoms with van der Waals surface area (Å²) >= 11 is 0. The third kappa shape index (κ3) is 2.46. The molecular formula is C14H25N5O. The standard InChI is InChI=1S/C14H25N5O/c1-9(2)12-11(15)14(18(4)17-12)19-8-6-5-7-10(19)13(20)16-3/h9-10H,5-8,15H2,1-4H3,(H,16,20). The Morgan fingerprint density at radius 1 is 1.45 bits per heavy atom. The highest BCUT2D eigenvalue weighted by Crippen LogP contribution is 2.34. The lowest BCUT2D eigenvalue weighted by molar-refractivity contribution is -0.122. The summed E-state index contributed by atoms with van der Waals surface area (Å²) in [6.07, 6.45) is 3.01. The van der Waals surface area contributed by atoms with E-state index in [0.29, 0.717) is 5.69 Å². The maximum atomic E-state index is 12.1. The van der Waals surface area contributed by atoms with Crippen LogP contribution in [0.15, 0.2) is 0 Å². The van der Waals surface area contributed by atoms with E-state index in [1.54, 1.807) is 7.05 Å². The number of nitrogens with two attached hydrogens (primary N) is 1. The number of likely N-dealkylation sites (N-methyl/N-ethyl adjacent to an activating group) is 1. The number of aryl methyl sites for hydroxylation is 1. The number of piperidine rings is 1. The molecule has 1 saturated heterocycles. The summed E-state index contributed by atoms with van der Waals surface area (Å²) in [4.78, 5) is 14.2. The van der Waals surface area contributed by atoms with Crippen molar-refractivity contribution in [3.8, 4) is 0 Å². The number of carbonyl (C=O) groups is 1. The Kier molecular flexibility index (Phi) is 4.20. The molecule has 1 atom stereocenters. The quantitative estimate of drug-likeness (QED) is 0.872. The van der Waals surface area contributed by atoms with E-state index in [4.69, 9.17) is 5.73 Å². The zero-order chi connectivity index (χ0) is 14.9. The molecule has 2 heterocycles. The van der Waals surface area contributed by atoms with Crippen LogP contribution in [-0.2, 0) is 11.8 Å². The summed E-state index contributed by atoms with van der Waals surface area (Å²) in [5.41, 5.74) is 7.90. The van der Waals surface area contributed by atoms with Gasteiger partial charge in [0.15, 0.2) is 5.82 Å². The molecule has 1 unspecified atom stereocenters. The van der Waals surface area contributed by atoms with Crippen molar-refractivity contribution in [1.29, 1.82) is 0 Å². The zero-order valence-electron chi connectivity index (χ0n) is 12.8. The minimum Gasteiger partial charge on any atom is -0.394 e. The maximum absolute atomic E-state index is 12.1. The number of carbonyl (C=O) groups excluding carboxylic acids is 1. The molecule has 0 aliphatic carbocycles. The molecule has 1 aliphatic heterocycles. The van der Waals surface area contributed by atoms with Gasteiger partial charge in [-0.15, -0.1) is 0 Å². The molecule has 1 fully saturated rings. The van der Waals surface area contributed by atoms with Crippen molar-refractivity contribution in [2.24, 2.45) is 7.05 Å². The molecule has 6 nitrogen and oxygen atoms in total. The first-order chi connectivity index (χ1) is 9.47. The van der Waals surface area contributed by atoms with Gasteiger partial charge in [0.2, 0.25) is 5.91 Å². The van der Waals surface area contributed by atoms with Crippen molar-refractivity contribution >= 4 is 17.4 Å². The van der Waals surface area contributed by atoms with Crippen LogP contribution >= 0.6 is 0 Å². The lowest BCUT2D eigenvalue weighted by Gasteiger charge is -2.36.